The zero-order valence-electron chi connectivity index (χ0n) is 5.76. The topological polar surface area (TPSA) is 35.9 Å². The number of rotatable bonds is 3. The molecule has 0 spiro atoms. The fourth-order valence-electron chi connectivity index (χ4n) is 0.143. The van der Waals surface area contributed by atoms with Gasteiger partial charge in [0.25, 0.3) is 0 Å². The van der Waals surface area contributed by atoms with Crippen molar-refractivity contribution in [2.75, 3.05) is 7.05 Å². The van der Waals surface area contributed by atoms with Crippen LogP contribution in [0.4, 0.5) is 0 Å². The molecule has 2 nitrogen and oxygen atoms in total. The van der Waals surface area contributed by atoms with Crippen molar-refractivity contribution in [1.82, 2.24) is 5.32 Å². The molecule has 56 valence electrons. The molecule has 0 rings (SSSR count). The number of halogens is 2. The summed E-state index contributed by atoms with van der Waals surface area (Å²) in [5.41, 5.74) is 0. The Morgan fingerprint density at radius 1 is 1.56 bits per heavy atom. The molecule has 0 aromatic carbocycles. The SMILES string of the molecule is CNC(C)=I[I-]C(C)=N. The van der Waals surface area contributed by atoms with Crippen LogP contribution in [0.25, 0.3) is 0 Å². The van der Waals surface area contributed by atoms with E-state index in [-0.39, 0.29) is 34.0 Å². The van der Waals surface area contributed by atoms with E-state index in [1.165, 1.54) is 3.63 Å². The Kier molecular flexibility index (Phi) is 6.33. The Balaban J connectivity index is 3.56. The fraction of sp³-hybridized carbons (Fsp3) is 0.600. The number of hydrogen-bond donors (Lipinski definition) is 2. The van der Waals surface area contributed by atoms with Crippen LogP contribution in [0.15, 0.2) is 0 Å². The third-order valence-corrected chi connectivity index (χ3v) is 12.1. The third kappa shape index (κ3) is 6.85. The van der Waals surface area contributed by atoms with Crippen LogP contribution in [0.3, 0.4) is 0 Å². The molecule has 0 radical (unpaired) electrons. The molecular weight excluding hydrogens is 342 g/mol. The molecule has 0 heterocycles. The van der Waals surface area contributed by atoms with Crippen LogP contribution in [0.1, 0.15) is 13.8 Å². The Bertz CT molecular complexity index is 131. The average molecular weight is 353 g/mol. The summed E-state index contributed by atoms with van der Waals surface area (Å²) >= 11 is 0.325. The Morgan fingerprint density at radius 3 is 2.44 bits per heavy atom. The quantitative estimate of drug-likeness (QED) is 0.462. The summed E-state index contributed by atoms with van der Waals surface area (Å²) in [6.45, 7) is 4.03. The van der Waals surface area contributed by atoms with E-state index in [0.29, 0.717) is 0 Å². The van der Waals surface area contributed by atoms with E-state index in [1.54, 1.807) is 0 Å². The van der Waals surface area contributed by atoms with E-state index in [2.05, 4.69) is 12.2 Å². The standard InChI is InChI=1S/C5H11I2N2/c1-4(8)6-7-5(2)9-3/h8-9H,1-3H3/q-1. The molecule has 0 amide bonds. The van der Waals surface area contributed by atoms with Gasteiger partial charge in [0.05, 0.1) is 0 Å². The summed E-state index contributed by atoms with van der Waals surface area (Å²) in [5.74, 6) is 0. The summed E-state index contributed by atoms with van der Waals surface area (Å²) in [7, 11) is 1.96. The van der Waals surface area contributed by atoms with Crippen molar-refractivity contribution in [2.45, 2.75) is 13.8 Å². The molecule has 0 aliphatic rings. The first-order valence-electron chi connectivity index (χ1n) is 2.52. The van der Waals surface area contributed by atoms with E-state index in [1.807, 2.05) is 14.0 Å². The molecule has 0 aliphatic carbocycles. The number of nitrogens with one attached hydrogen (secondary N) is 2. The first-order valence-corrected chi connectivity index (χ1v) is 11.0. The van der Waals surface area contributed by atoms with Crippen molar-refractivity contribution in [3.63, 3.8) is 0 Å². The second kappa shape index (κ2) is 5.72. The fourth-order valence-corrected chi connectivity index (χ4v) is 6.43. The van der Waals surface area contributed by atoms with Gasteiger partial charge in [-0.3, -0.25) is 0 Å². The molecule has 0 bridgehead atoms. The molecule has 0 aliphatic heterocycles. The molecule has 0 atom stereocenters. The van der Waals surface area contributed by atoms with Gasteiger partial charge in [0.2, 0.25) is 0 Å². The van der Waals surface area contributed by atoms with Crippen molar-refractivity contribution in [3.05, 3.63) is 0 Å². The first-order chi connectivity index (χ1) is 4.16. The van der Waals surface area contributed by atoms with Crippen molar-refractivity contribution in [2.24, 2.45) is 0 Å². The monoisotopic (exact) mass is 353 g/mol. The van der Waals surface area contributed by atoms with E-state index < -0.39 is 0 Å². The van der Waals surface area contributed by atoms with Gasteiger partial charge in [0.15, 0.2) is 0 Å². The molecule has 0 aromatic rings. The van der Waals surface area contributed by atoms with Crippen LogP contribution in [-0.2, 0) is 0 Å². The second-order valence-corrected chi connectivity index (χ2v) is 11.0. The minimum atomic E-state index is 0.112. The molecular formula is C5H11I2N2-. The summed E-state index contributed by atoms with van der Waals surface area (Å²) in [4.78, 5) is 0. The predicted molar refractivity (Wildman–Crippen MR) is 47.2 cm³/mol. The first kappa shape index (κ1) is 9.96. The predicted octanol–water partition coefficient (Wildman–Crippen LogP) is -1.67. The molecule has 0 fully saturated rings. The molecule has 0 saturated heterocycles. The van der Waals surface area contributed by atoms with E-state index in [0.717, 1.165) is 3.72 Å². The summed E-state index contributed by atoms with van der Waals surface area (Å²) < 4.78 is 2.32. The summed E-state index contributed by atoms with van der Waals surface area (Å²) in [6, 6.07) is 0. The van der Waals surface area contributed by atoms with E-state index in [9.17, 15) is 0 Å². The zero-order chi connectivity index (χ0) is 7.28. The molecule has 2 N–H and O–H groups in total. The van der Waals surface area contributed by atoms with Gasteiger partial charge in [0.1, 0.15) is 0 Å². The van der Waals surface area contributed by atoms with Crippen molar-refractivity contribution in [3.8, 4) is 0 Å². The summed E-state index contributed by atoms with van der Waals surface area (Å²) in [5, 5.41) is 10.3. The van der Waals surface area contributed by atoms with E-state index in [4.69, 9.17) is 5.41 Å². The molecule has 0 aromatic heterocycles. The van der Waals surface area contributed by atoms with Crippen molar-refractivity contribution < 1.29 is 17.2 Å². The van der Waals surface area contributed by atoms with Crippen molar-refractivity contribution >= 4 is 24.1 Å². The zero-order valence-corrected chi connectivity index (χ0v) is 10.1. The van der Waals surface area contributed by atoms with E-state index >= 15 is 0 Å². The maximum atomic E-state index is 7.20. The van der Waals surface area contributed by atoms with Gasteiger partial charge in [-0.2, -0.15) is 0 Å². The van der Waals surface area contributed by atoms with Gasteiger partial charge >= 0.3 is 73.0 Å². The normalized spacial score (nSPS) is 13.0. The van der Waals surface area contributed by atoms with Gasteiger partial charge in [0, 0.05) is 0 Å². The second-order valence-electron chi connectivity index (χ2n) is 1.46. The molecule has 4 heteroatoms. The van der Waals surface area contributed by atoms with Gasteiger partial charge < -0.3 is 0 Å². The van der Waals surface area contributed by atoms with Crippen LogP contribution in [0, 0.1) is 5.41 Å². The molecule has 9 heavy (non-hydrogen) atoms. The molecule has 0 unspecified atom stereocenters. The Hall–Kier alpha value is 0.960. The van der Waals surface area contributed by atoms with Gasteiger partial charge in [-0.05, 0) is 0 Å². The van der Waals surface area contributed by atoms with Crippen LogP contribution >= 0.6 is 16.8 Å². The van der Waals surface area contributed by atoms with Crippen LogP contribution in [-0.4, -0.2) is 14.4 Å². The van der Waals surface area contributed by atoms with Crippen LogP contribution < -0.4 is 22.5 Å². The molecule has 0 saturated carbocycles. The van der Waals surface area contributed by atoms with Crippen LogP contribution in [0.5, 0.6) is 0 Å². The average Bonchev–Trinajstić information content (AvgIpc) is 1.83. The summed E-state index contributed by atoms with van der Waals surface area (Å²) in [6.07, 6.45) is 0. The van der Waals surface area contributed by atoms with Gasteiger partial charge in [-0.15, -0.1) is 0 Å². The van der Waals surface area contributed by atoms with Gasteiger partial charge in [-0.1, -0.05) is 0 Å². The number of hydrogen-bond acceptors (Lipinski definition) is 2. The van der Waals surface area contributed by atoms with Crippen LogP contribution in [0.2, 0.25) is 0 Å². The van der Waals surface area contributed by atoms with Crippen molar-refractivity contribution in [1.29, 1.82) is 5.41 Å². The Morgan fingerprint density at radius 2 is 2.11 bits per heavy atom. The maximum absolute atomic E-state index is 7.20. The van der Waals surface area contributed by atoms with Gasteiger partial charge in [-0.25, -0.2) is 0 Å². The third-order valence-electron chi connectivity index (χ3n) is 0.594. The Labute approximate surface area is 72.4 Å². The minimum absolute atomic E-state index is 0.112.